The maximum absolute atomic E-state index is 6.27. The second-order valence-electron chi connectivity index (χ2n) is 4.42. The molecule has 0 unspecified atom stereocenters. The predicted octanol–water partition coefficient (Wildman–Crippen LogP) is 4.19. The first-order valence-electron chi connectivity index (χ1n) is 6.11. The van der Waals surface area contributed by atoms with Crippen LogP contribution in [0, 0.1) is 0 Å². The lowest BCUT2D eigenvalue weighted by atomic mass is 10.0. The van der Waals surface area contributed by atoms with Crippen LogP contribution >= 0.6 is 23.8 Å². The summed E-state index contributed by atoms with van der Waals surface area (Å²) in [5, 5.41) is 1.68. The monoisotopic (exact) mass is 298 g/mol. The van der Waals surface area contributed by atoms with Crippen molar-refractivity contribution >= 4 is 39.7 Å². The smallest absolute Gasteiger partial charge is 0.123 e. The number of para-hydroxylation sites is 1. The normalized spacial score (nSPS) is 10.7. The summed E-state index contributed by atoms with van der Waals surface area (Å²) in [6, 6.07) is 17.5. The summed E-state index contributed by atoms with van der Waals surface area (Å²) in [7, 11) is 0. The first-order valence-corrected chi connectivity index (χ1v) is 6.90. The van der Waals surface area contributed by atoms with Crippen molar-refractivity contribution in [3.05, 3.63) is 65.3 Å². The molecule has 20 heavy (non-hydrogen) atoms. The Morgan fingerprint density at radius 2 is 1.70 bits per heavy atom. The Labute approximate surface area is 127 Å². The van der Waals surface area contributed by atoms with Crippen molar-refractivity contribution in [1.82, 2.24) is 4.98 Å². The molecule has 0 aliphatic carbocycles. The van der Waals surface area contributed by atoms with E-state index in [1.807, 2.05) is 54.6 Å². The molecular weight excluding hydrogens is 288 g/mol. The van der Waals surface area contributed by atoms with Crippen molar-refractivity contribution < 1.29 is 0 Å². The zero-order valence-electron chi connectivity index (χ0n) is 10.5. The van der Waals surface area contributed by atoms with E-state index >= 15 is 0 Å². The molecule has 0 saturated heterocycles. The van der Waals surface area contributed by atoms with Crippen LogP contribution in [0.5, 0.6) is 0 Å². The summed E-state index contributed by atoms with van der Waals surface area (Å²) in [4.78, 5) is 4.84. The van der Waals surface area contributed by atoms with E-state index in [-0.39, 0.29) is 4.99 Å². The third-order valence-corrected chi connectivity index (χ3v) is 3.64. The molecule has 2 N–H and O–H groups in total. The van der Waals surface area contributed by atoms with E-state index in [2.05, 4.69) is 4.98 Å². The molecular formula is C16H11ClN2S. The van der Waals surface area contributed by atoms with Crippen LogP contribution in [0.15, 0.2) is 54.6 Å². The molecule has 1 heterocycles. The fourth-order valence-corrected chi connectivity index (χ4v) is 2.58. The molecule has 0 radical (unpaired) electrons. The molecule has 0 atom stereocenters. The number of hydrogen-bond acceptors (Lipinski definition) is 2. The molecule has 0 aliphatic rings. The van der Waals surface area contributed by atoms with Crippen LogP contribution in [-0.2, 0) is 0 Å². The minimum Gasteiger partial charge on any atom is -0.388 e. The molecule has 2 nitrogen and oxygen atoms in total. The van der Waals surface area contributed by atoms with Gasteiger partial charge in [0.2, 0.25) is 0 Å². The highest BCUT2D eigenvalue weighted by atomic mass is 35.5. The lowest BCUT2D eigenvalue weighted by Gasteiger charge is -2.11. The van der Waals surface area contributed by atoms with Crippen LogP contribution in [0.25, 0.3) is 22.0 Å². The highest BCUT2D eigenvalue weighted by molar-refractivity contribution is 7.80. The Morgan fingerprint density at radius 1 is 1.00 bits per heavy atom. The number of pyridine rings is 1. The fourth-order valence-electron chi connectivity index (χ4n) is 2.19. The van der Waals surface area contributed by atoms with Gasteiger partial charge in [0, 0.05) is 21.5 Å². The van der Waals surface area contributed by atoms with Crippen LogP contribution in [0.2, 0.25) is 5.02 Å². The second kappa shape index (κ2) is 5.19. The van der Waals surface area contributed by atoms with Gasteiger partial charge in [0.05, 0.1) is 5.52 Å². The number of thiocarbonyl (C=S) groups is 1. The first-order chi connectivity index (χ1) is 9.66. The molecule has 4 heteroatoms. The first kappa shape index (κ1) is 13.0. The SMILES string of the molecule is NC(=S)c1nc2ccccc2cc1-c1ccccc1Cl. The average molecular weight is 299 g/mol. The molecule has 0 saturated carbocycles. The van der Waals surface area contributed by atoms with Gasteiger partial charge in [0.25, 0.3) is 0 Å². The minimum absolute atomic E-state index is 0.269. The molecule has 2 aromatic carbocycles. The lowest BCUT2D eigenvalue weighted by molar-refractivity contribution is 1.36. The quantitative estimate of drug-likeness (QED) is 0.721. The van der Waals surface area contributed by atoms with Gasteiger partial charge < -0.3 is 5.73 Å². The van der Waals surface area contributed by atoms with Crippen LogP contribution in [0.4, 0.5) is 0 Å². The van der Waals surface area contributed by atoms with Gasteiger partial charge in [-0.1, -0.05) is 60.2 Å². The Morgan fingerprint density at radius 3 is 2.45 bits per heavy atom. The highest BCUT2D eigenvalue weighted by Crippen LogP contribution is 2.31. The number of nitrogens with two attached hydrogens (primary N) is 1. The van der Waals surface area contributed by atoms with E-state index in [0.29, 0.717) is 10.7 Å². The molecule has 1 aromatic heterocycles. The zero-order chi connectivity index (χ0) is 14.1. The number of aromatic nitrogens is 1. The van der Waals surface area contributed by atoms with Gasteiger partial charge in [0.1, 0.15) is 10.7 Å². The van der Waals surface area contributed by atoms with E-state index in [4.69, 9.17) is 29.6 Å². The van der Waals surface area contributed by atoms with Gasteiger partial charge in [0.15, 0.2) is 0 Å². The maximum Gasteiger partial charge on any atom is 0.123 e. The third-order valence-electron chi connectivity index (χ3n) is 3.12. The summed E-state index contributed by atoms with van der Waals surface area (Å²) in [6.07, 6.45) is 0. The van der Waals surface area contributed by atoms with E-state index in [0.717, 1.165) is 22.0 Å². The van der Waals surface area contributed by atoms with Crippen LogP contribution in [-0.4, -0.2) is 9.97 Å². The lowest BCUT2D eigenvalue weighted by Crippen LogP contribution is -2.13. The van der Waals surface area contributed by atoms with Gasteiger partial charge in [-0.2, -0.15) is 0 Å². The van der Waals surface area contributed by atoms with Crippen LogP contribution in [0.3, 0.4) is 0 Å². The number of fused-ring (bicyclic) bond motifs is 1. The topological polar surface area (TPSA) is 38.9 Å². The van der Waals surface area contributed by atoms with E-state index < -0.39 is 0 Å². The van der Waals surface area contributed by atoms with Gasteiger partial charge in [-0.15, -0.1) is 0 Å². The minimum atomic E-state index is 0.269. The molecule has 0 aliphatic heterocycles. The van der Waals surface area contributed by atoms with Gasteiger partial charge in [-0.25, -0.2) is 4.98 Å². The summed E-state index contributed by atoms with van der Waals surface area (Å²) < 4.78 is 0. The average Bonchev–Trinajstić information content (AvgIpc) is 2.46. The third kappa shape index (κ3) is 2.26. The van der Waals surface area contributed by atoms with Crippen molar-refractivity contribution in [3.8, 4) is 11.1 Å². The Bertz CT molecular complexity index is 814. The van der Waals surface area contributed by atoms with Crippen molar-refractivity contribution in [2.24, 2.45) is 5.73 Å². The fraction of sp³-hybridized carbons (Fsp3) is 0. The number of halogens is 1. The van der Waals surface area contributed by atoms with Gasteiger partial charge in [-0.05, 0) is 18.2 Å². The summed E-state index contributed by atoms with van der Waals surface area (Å²) in [6.45, 7) is 0. The second-order valence-corrected chi connectivity index (χ2v) is 5.27. The summed E-state index contributed by atoms with van der Waals surface area (Å²) >= 11 is 11.4. The van der Waals surface area contributed by atoms with Gasteiger partial charge >= 0.3 is 0 Å². The van der Waals surface area contributed by atoms with E-state index in [1.54, 1.807) is 0 Å². The van der Waals surface area contributed by atoms with Crippen molar-refractivity contribution in [2.45, 2.75) is 0 Å². The van der Waals surface area contributed by atoms with Crippen molar-refractivity contribution in [1.29, 1.82) is 0 Å². The van der Waals surface area contributed by atoms with Gasteiger partial charge in [-0.3, -0.25) is 0 Å². The number of nitrogens with zero attached hydrogens (tertiary/aromatic N) is 1. The molecule has 0 fully saturated rings. The van der Waals surface area contributed by atoms with E-state index in [1.165, 1.54) is 0 Å². The molecule has 0 bridgehead atoms. The number of rotatable bonds is 2. The molecule has 0 amide bonds. The maximum atomic E-state index is 6.27. The molecule has 98 valence electrons. The van der Waals surface area contributed by atoms with Crippen LogP contribution < -0.4 is 5.73 Å². The number of hydrogen-bond donors (Lipinski definition) is 1. The van der Waals surface area contributed by atoms with E-state index in [9.17, 15) is 0 Å². The molecule has 0 spiro atoms. The highest BCUT2D eigenvalue weighted by Gasteiger charge is 2.13. The summed E-state index contributed by atoms with van der Waals surface area (Å²) in [5.74, 6) is 0. The standard InChI is InChI=1S/C16H11ClN2S/c17-13-7-3-2-6-11(13)12-9-10-5-1-4-8-14(10)19-15(12)16(18)20/h1-9H,(H2,18,20). The Balaban J connectivity index is 2.36. The van der Waals surface area contributed by atoms with Crippen molar-refractivity contribution in [2.75, 3.05) is 0 Å². The Kier molecular flexibility index (Phi) is 3.38. The summed E-state index contributed by atoms with van der Waals surface area (Å²) in [5.41, 5.74) is 9.04. The van der Waals surface area contributed by atoms with Crippen LogP contribution in [0.1, 0.15) is 5.69 Å². The van der Waals surface area contributed by atoms with Crippen molar-refractivity contribution in [3.63, 3.8) is 0 Å². The predicted molar refractivity (Wildman–Crippen MR) is 88.1 cm³/mol. The zero-order valence-corrected chi connectivity index (χ0v) is 12.1. The Hall–Kier alpha value is -1.97. The molecule has 3 aromatic rings. The molecule has 3 rings (SSSR count). The number of benzene rings is 2. The largest absolute Gasteiger partial charge is 0.388 e.